The number of ether oxygens (including phenoxy) is 1. The Kier molecular flexibility index (Phi) is 5.02. The molecule has 1 aromatic carbocycles. The highest BCUT2D eigenvalue weighted by Gasteiger charge is 2.20. The van der Waals surface area contributed by atoms with Gasteiger partial charge in [0.15, 0.2) is 11.0 Å². The first kappa shape index (κ1) is 17.7. The highest BCUT2D eigenvalue weighted by Crippen LogP contribution is 2.35. The topological polar surface area (TPSA) is 109 Å². The molecule has 0 N–H and O–H groups in total. The van der Waals surface area contributed by atoms with Crippen LogP contribution in [0.15, 0.2) is 46.8 Å². The Morgan fingerprint density at radius 3 is 2.77 bits per heavy atom. The van der Waals surface area contributed by atoms with Crippen molar-refractivity contribution in [1.29, 1.82) is 0 Å². The van der Waals surface area contributed by atoms with E-state index in [1.165, 1.54) is 24.7 Å². The minimum atomic E-state index is -3.17. The van der Waals surface area contributed by atoms with E-state index in [0.29, 0.717) is 21.6 Å². The van der Waals surface area contributed by atoms with Crippen LogP contribution in [-0.2, 0) is 7.05 Å². The Balaban J connectivity index is 1.90. The number of nitro benzene ring substituents is 1. The van der Waals surface area contributed by atoms with Gasteiger partial charge in [0.2, 0.25) is 5.75 Å². The molecule has 0 fully saturated rings. The molecule has 0 aliphatic carbocycles. The van der Waals surface area contributed by atoms with E-state index in [-0.39, 0.29) is 0 Å². The van der Waals surface area contributed by atoms with Gasteiger partial charge in [0.05, 0.1) is 11.1 Å². The normalized spacial score (nSPS) is 10.9. The molecular weight excluding hydrogens is 370 g/mol. The summed E-state index contributed by atoms with van der Waals surface area (Å²) in [6.45, 7) is -3.17. The molecule has 134 valence electrons. The second-order valence-corrected chi connectivity index (χ2v) is 5.86. The molecule has 2 heterocycles. The number of hydrogen-bond acceptors (Lipinski definition) is 8. The van der Waals surface area contributed by atoms with Crippen molar-refractivity contribution >= 4 is 17.4 Å². The van der Waals surface area contributed by atoms with Crippen molar-refractivity contribution in [2.24, 2.45) is 7.05 Å². The van der Waals surface area contributed by atoms with Crippen LogP contribution in [0.25, 0.3) is 11.5 Å². The summed E-state index contributed by atoms with van der Waals surface area (Å²) in [6.07, 6.45) is 4.57. The second-order valence-electron chi connectivity index (χ2n) is 4.82. The van der Waals surface area contributed by atoms with Crippen LogP contribution in [0, 0.1) is 10.1 Å². The molecule has 3 rings (SSSR count). The zero-order valence-electron chi connectivity index (χ0n) is 13.1. The van der Waals surface area contributed by atoms with E-state index in [0.717, 1.165) is 23.9 Å². The van der Waals surface area contributed by atoms with Crippen LogP contribution in [-0.4, -0.2) is 36.3 Å². The Morgan fingerprint density at radius 2 is 2.12 bits per heavy atom. The van der Waals surface area contributed by atoms with Crippen LogP contribution in [0.5, 0.6) is 5.75 Å². The first-order valence-corrected chi connectivity index (χ1v) is 7.84. The van der Waals surface area contributed by atoms with Crippen molar-refractivity contribution in [3.05, 3.63) is 46.9 Å². The van der Waals surface area contributed by atoms with Gasteiger partial charge in [-0.3, -0.25) is 15.1 Å². The Bertz CT molecular complexity index is 938. The highest BCUT2D eigenvalue weighted by molar-refractivity contribution is 7.99. The van der Waals surface area contributed by atoms with Crippen LogP contribution in [0.2, 0.25) is 0 Å². The summed E-state index contributed by atoms with van der Waals surface area (Å²) in [5.74, 6) is -0.0575. The van der Waals surface area contributed by atoms with Gasteiger partial charge in [-0.05, 0) is 17.8 Å². The first-order chi connectivity index (χ1) is 12.5. The van der Waals surface area contributed by atoms with Gasteiger partial charge in [-0.2, -0.15) is 8.78 Å². The lowest BCUT2D eigenvalue weighted by molar-refractivity contribution is -0.386. The fraction of sp³-hybridized carbons (Fsp3) is 0.143. The summed E-state index contributed by atoms with van der Waals surface area (Å²) < 4.78 is 30.9. The van der Waals surface area contributed by atoms with Crippen molar-refractivity contribution in [2.75, 3.05) is 0 Å². The van der Waals surface area contributed by atoms with Crippen LogP contribution < -0.4 is 4.74 Å². The average molecular weight is 380 g/mol. The Morgan fingerprint density at radius 1 is 1.31 bits per heavy atom. The number of aromatic nitrogens is 5. The molecular formula is C14H10F2N6O3S. The highest BCUT2D eigenvalue weighted by atomic mass is 32.2. The second kappa shape index (κ2) is 7.39. The third-order valence-electron chi connectivity index (χ3n) is 3.18. The summed E-state index contributed by atoms with van der Waals surface area (Å²) in [5.41, 5.74) is -0.0346. The zero-order chi connectivity index (χ0) is 18.7. The van der Waals surface area contributed by atoms with Crippen LogP contribution >= 0.6 is 11.8 Å². The summed E-state index contributed by atoms with van der Waals surface area (Å²) in [5, 5.41) is 19.4. The van der Waals surface area contributed by atoms with Gasteiger partial charge in [0.1, 0.15) is 5.69 Å². The van der Waals surface area contributed by atoms with Crippen molar-refractivity contribution in [3.8, 4) is 17.3 Å². The van der Waals surface area contributed by atoms with Crippen molar-refractivity contribution in [3.63, 3.8) is 0 Å². The van der Waals surface area contributed by atoms with Crippen LogP contribution in [0.3, 0.4) is 0 Å². The van der Waals surface area contributed by atoms with E-state index in [1.807, 2.05) is 0 Å². The lowest BCUT2D eigenvalue weighted by Gasteiger charge is -2.07. The molecule has 0 aliphatic rings. The smallest absolute Gasteiger partial charge is 0.387 e. The molecule has 3 aromatic rings. The summed E-state index contributed by atoms with van der Waals surface area (Å²) in [7, 11) is 1.70. The van der Waals surface area contributed by atoms with E-state index >= 15 is 0 Å². The van der Waals surface area contributed by atoms with E-state index in [9.17, 15) is 18.9 Å². The standard InChI is InChI=1S/C14H10F2N6O3S/c1-21-12(9-7-17-4-5-18-9)19-20-14(21)26-8-2-3-10(22(23)24)11(6-8)25-13(15)16/h2-7,13H,1H3. The Labute approximate surface area is 149 Å². The lowest BCUT2D eigenvalue weighted by atomic mass is 10.3. The average Bonchev–Trinajstić information content (AvgIpc) is 2.96. The molecule has 0 spiro atoms. The molecule has 0 aliphatic heterocycles. The third-order valence-corrected chi connectivity index (χ3v) is 4.21. The van der Waals surface area contributed by atoms with Gasteiger partial charge in [0.25, 0.3) is 0 Å². The van der Waals surface area contributed by atoms with Crippen molar-refractivity contribution in [1.82, 2.24) is 24.7 Å². The maximum absolute atomic E-state index is 12.5. The molecule has 0 bridgehead atoms. The number of nitro groups is 1. The minimum absolute atomic E-state index is 0.424. The quantitative estimate of drug-likeness (QED) is 0.474. The molecule has 0 radical (unpaired) electrons. The van der Waals surface area contributed by atoms with Crippen molar-refractivity contribution in [2.45, 2.75) is 16.7 Å². The third kappa shape index (κ3) is 3.74. The summed E-state index contributed by atoms with van der Waals surface area (Å²) in [4.78, 5) is 18.6. The van der Waals surface area contributed by atoms with E-state index < -0.39 is 23.0 Å². The molecule has 0 saturated carbocycles. The summed E-state index contributed by atoms with van der Waals surface area (Å²) >= 11 is 1.09. The number of benzene rings is 1. The molecule has 12 heteroatoms. The SMILES string of the molecule is Cn1c(Sc2ccc([N+](=O)[O-])c(OC(F)F)c2)nnc1-c1cnccn1. The predicted molar refractivity (Wildman–Crippen MR) is 85.9 cm³/mol. The first-order valence-electron chi connectivity index (χ1n) is 7.02. The lowest BCUT2D eigenvalue weighted by Crippen LogP contribution is -2.04. The minimum Gasteiger partial charge on any atom is -0.427 e. The Hall–Kier alpha value is -3.15. The van der Waals surface area contributed by atoms with Gasteiger partial charge in [-0.25, -0.2) is 4.98 Å². The van der Waals surface area contributed by atoms with Gasteiger partial charge in [-0.1, -0.05) is 0 Å². The molecule has 0 atom stereocenters. The van der Waals surface area contributed by atoms with Crippen LogP contribution in [0.4, 0.5) is 14.5 Å². The van der Waals surface area contributed by atoms with Gasteiger partial charge in [-0.15, -0.1) is 10.2 Å². The molecule has 26 heavy (non-hydrogen) atoms. The largest absolute Gasteiger partial charge is 0.427 e. The monoisotopic (exact) mass is 380 g/mol. The zero-order valence-corrected chi connectivity index (χ0v) is 13.9. The van der Waals surface area contributed by atoms with Gasteiger partial charge < -0.3 is 9.30 Å². The van der Waals surface area contributed by atoms with E-state index in [1.54, 1.807) is 11.6 Å². The van der Waals surface area contributed by atoms with Gasteiger partial charge in [0, 0.05) is 36.5 Å². The maximum Gasteiger partial charge on any atom is 0.387 e. The molecule has 9 nitrogen and oxygen atoms in total. The summed E-state index contributed by atoms with van der Waals surface area (Å²) in [6, 6.07) is 3.67. The molecule has 0 amide bonds. The van der Waals surface area contributed by atoms with Gasteiger partial charge >= 0.3 is 12.3 Å². The molecule has 2 aromatic heterocycles. The molecule has 0 saturated heterocycles. The number of nitrogens with zero attached hydrogens (tertiary/aromatic N) is 6. The fourth-order valence-electron chi connectivity index (χ4n) is 2.05. The number of hydrogen-bond donors (Lipinski definition) is 0. The van der Waals surface area contributed by atoms with E-state index in [2.05, 4.69) is 24.9 Å². The number of halogens is 2. The van der Waals surface area contributed by atoms with Crippen LogP contribution in [0.1, 0.15) is 0 Å². The maximum atomic E-state index is 12.5. The van der Waals surface area contributed by atoms with Crippen molar-refractivity contribution < 1.29 is 18.4 Å². The number of alkyl halides is 2. The fourth-order valence-corrected chi connectivity index (χ4v) is 2.86. The predicted octanol–water partition coefficient (Wildman–Crippen LogP) is 2.93. The van der Waals surface area contributed by atoms with E-state index in [4.69, 9.17) is 0 Å². The molecule has 0 unspecified atom stereocenters. The number of rotatable bonds is 6.